The number of hydrogen-bond donors (Lipinski definition) is 0. The zero-order valence-electron chi connectivity index (χ0n) is 14.7. The molecule has 0 spiro atoms. The smallest absolute Gasteiger partial charge is 0.243 e. The van der Waals surface area contributed by atoms with E-state index in [4.69, 9.17) is 4.74 Å². The van der Waals surface area contributed by atoms with Gasteiger partial charge in [0.1, 0.15) is 5.75 Å². The lowest BCUT2D eigenvalue weighted by Gasteiger charge is -2.35. The molecule has 0 unspecified atom stereocenters. The third-order valence-electron chi connectivity index (χ3n) is 4.44. The first-order valence-electron chi connectivity index (χ1n) is 8.56. The quantitative estimate of drug-likeness (QED) is 0.823. The lowest BCUT2D eigenvalue weighted by atomic mass is 10.2. The average Bonchev–Trinajstić information content (AvgIpc) is 2.64. The van der Waals surface area contributed by atoms with Gasteiger partial charge in [0.25, 0.3) is 0 Å². The first kappa shape index (κ1) is 17.8. The van der Waals surface area contributed by atoms with Gasteiger partial charge in [-0.2, -0.15) is 4.31 Å². The number of anilines is 1. The Kier molecular flexibility index (Phi) is 5.30. The molecule has 0 amide bonds. The summed E-state index contributed by atoms with van der Waals surface area (Å²) in [4.78, 5) is 2.55. The topological polar surface area (TPSA) is 49.9 Å². The Labute approximate surface area is 149 Å². The van der Waals surface area contributed by atoms with Crippen molar-refractivity contribution >= 4 is 15.7 Å². The summed E-state index contributed by atoms with van der Waals surface area (Å²) in [5, 5.41) is 0. The van der Waals surface area contributed by atoms with E-state index in [2.05, 4.69) is 17.0 Å². The highest BCUT2D eigenvalue weighted by Crippen LogP contribution is 2.25. The molecule has 6 heteroatoms. The van der Waals surface area contributed by atoms with E-state index in [-0.39, 0.29) is 0 Å². The summed E-state index contributed by atoms with van der Waals surface area (Å²) >= 11 is 0. The van der Waals surface area contributed by atoms with E-state index in [1.807, 2.05) is 32.0 Å². The molecule has 0 aromatic heterocycles. The largest absolute Gasteiger partial charge is 0.494 e. The molecule has 1 fully saturated rings. The number of hydrogen-bond acceptors (Lipinski definition) is 4. The summed E-state index contributed by atoms with van der Waals surface area (Å²) in [6.07, 6.45) is 0. The summed E-state index contributed by atoms with van der Waals surface area (Å²) in [7, 11) is -3.47. The van der Waals surface area contributed by atoms with Crippen molar-refractivity contribution in [1.82, 2.24) is 4.31 Å². The number of piperazine rings is 1. The molecule has 0 N–H and O–H groups in total. The molecule has 5 nitrogen and oxygen atoms in total. The standard InChI is InChI=1S/C19H24N2O3S/c1-3-24-19-10-9-18(15-16(19)2)25(22,23)21-13-11-20(12-14-21)17-7-5-4-6-8-17/h4-10,15H,3,11-14H2,1-2H3. The lowest BCUT2D eigenvalue weighted by molar-refractivity contribution is 0.337. The number of aryl methyl sites for hydroxylation is 1. The Morgan fingerprint density at radius 2 is 1.68 bits per heavy atom. The Balaban J connectivity index is 1.73. The van der Waals surface area contributed by atoms with Crippen LogP contribution in [0.2, 0.25) is 0 Å². The first-order valence-corrected chi connectivity index (χ1v) is 10.00. The third kappa shape index (κ3) is 3.80. The van der Waals surface area contributed by atoms with Crippen LogP contribution in [0.1, 0.15) is 12.5 Å². The van der Waals surface area contributed by atoms with Crippen molar-refractivity contribution in [3.8, 4) is 5.75 Å². The first-order chi connectivity index (χ1) is 12.0. The minimum atomic E-state index is -3.47. The van der Waals surface area contributed by atoms with Gasteiger partial charge in [0.05, 0.1) is 11.5 Å². The van der Waals surface area contributed by atoms with Crippen molar-refractivity contribution in [3.63, 3.8) is 0 Å². The number of nitrogens with zero attached hydrogens (tertiary/aromatic N) is 2. The van der Waals surface area contributed by atoms with E-state index >= 15 is 0 Å². The second-order valence-corrected chi connectivity index (χ2v) is 8.02. The van der Waals surface area contributed by atoms with Crippen LogP contribution in [0, 0.1) is 6.92 Å². The highest BCUT2D eigenvalue weighted by atomic mass is 32.2. The maximum atomic E-state index is 12.9. The normalized spacial score (nSPS) is 16.0. The van der Waals surface area contributed by atoms with Gasteiger partial charge >= 0.3 is 0 Å². The van der Waals surface area contributed by atoms with E-state index < -0.39 is 10.0 Å². The molecule has 0 saturated carbocycles. The van der Waals surface area contributed by atoms with Gasteiger partial charge < -0.3 is 9.64 Å². The SMILES string of the molecule is CCOc1ccc(S(=O)(=O)N2CCN(c3ccccc3)CC2)cc1C. The molecule has 3 rings (SSSR count). The van der Waals surface area contributed by atoms with Crippen LogP contribution in [0.4, 0.5) is 5.69 Å². The van der Waals surface area contributed by atoms with Crippen LogP contribution in [-0.2, 0) is 10.0 Å². The predicted octanol–water partition coefficient (Wildman–Crippen LogP) is 2.90. The fourth-order valence-corrected chi connectivity index (χ4v) is 4.58. The molecule has 0 bridgehead atoms. The van der Waals surface area contributed by atoms with Gasteiger partial charge in [-0.3, -0.25) is 0 Å². The molecule has 0 atom stereocenters. The Hall–Kier alpha value is -2.05. The van der Waals surface area contributed by atoms with Gasteiger partial charge in [0.2, 0.25) is 10.0 Å². The van der Waals surface area contributed by atoms with Gasteiger partial charge in [-0.1, -0.05) is 18.2 Å². The maximum Gasteiger partial charge on any atom is 0.243 e. The van der Waals surface area contributed by atoms with Crippen LogP contribution < -0.4 is 9.64 Å². The molecule has 1 aliphatic heterocycles. The van der Waals surface area contributed by atoms with Crippen LogP contribution in [0.5, 0.6) is 5.75 Å². The maximum absolute atomic E-state index is 12.9. The third-order valence-corrected chi connectivity index (χ3v) is 6.34. The number of sulfonamides is 1. The number of para-hydroxylation sites is 1. The molecule has 2 aromatic rings. The van der Waals surface area contributed by atoms with E-state index in [0.717, 1.165) is 17.0 Å². The van der Waals surface area contributed by atoms with Gasteiger partial charge in [0.15, 0.2) is 0 Å². The Bertz CT molecular complexity index is 814. The molecule has 0 aliphatic carbocycles. The van der Waals surface area contributed by atoms with Gasteiger partial charge in [0, 0.05) is 31.9 Å². The summed E-state index contributed by atoms with van der Waals surface area (Å²) in [6, 6.07) is 15.2. The molecular formula is C19H24N2O3S. The predicted molar refractivity (Wildman–Crippen MR) is 99.8 cm³/mol. The molecular weight excluding hydrogens is 336 g/mol. The fourth-order valence-electron chi connectivity index (χ4n) is 3.07. The fraction of sp³-hybridized carbons (Fsp3) is 0.368. The second kappa shape index (κ2) is 7.45. The molecule has 1 saturated heterocycles. The second-order valence-electron chi connectivity index (χ2n) is 6.09. The van der Waals surface area contributed by atoms with Gasteiger partial charge in [-0.25, -0.2) is 8.42 Å². The molecule has 1 heterocycles. The zero-order valence-corrected chi connectivity index (χ0v) is 15.5. The monoisotopic (exact) mass is 360 g/mol. The summed E-state index contributed by atoms with van der Waals surface area (Å²) in [5.41, 5.74) is 1.97. The van der Waals surface area contributed by atoms with E-state index in [0.29, 0.717) is 37.7 Å². The molecule has 134 valence electrons. The van der Waals surface area contributed by atoms with Crippen LogP contribution in [0.3, 0.4) is 0 Å². The summed E-state index contributed by atoms with van der Waals surface area (Å²) < 4.78 is 32.9. The lowest BCUT2D eigenvalue weighted by Crippen LogP contribution is -2.48. The molecule has 25 heavy (non-hydrogen) atoms. The van der Waals surface area contributed by atoms with Crippen LogP contribution in [0.25, 0.3) is 0 Å². The molecule has 2 aromatic carbocycles. The number of ether oxygens (including phenoxy) is 1. The van der Waals surface area contributed by atoms with Crippen molar-refractivity contribution < 1.29 is 13.2 Å². The summed E-state index contributed by atoms with van der Waals surface area (Å²) in [6.45, 7) is 6.72. The number of benzene rings is 2. The van der Waals surface area contributed by atoms with Gasteiger partial charge in [-0.15, -0.1) is 0 Å². The van der Waals surface area contributed by atoms with Crippen molar-refractivity contribution in [2.24, 2.45) is 0 Å². The zero-order chi connectivity index (χ0) is 17.9. The Morgan fingerprint density at radius 3 is 2.28 bits per heavy atom. The van der Waals surface area contributed by atoms with Crippen molar-refractivity contribution in [1.29, 1.82) is 0 Å². The number of rotatable bonds is 5. The van der Waals surface area contributed by atoms with E-state index in [1.54, 1.807) is 22.5 Å². The summed E-state index contributed by atoms with van der Waals surface area (Å²) in [5.74, 6) is 0.732. The van der Waals surface area contributed by atoms with E-state index in [1.165, 1.54) is 0 Å². The van der Waals surface area contributed by atoms with Crippen LogP contribution in [-0.4, -0.2) is 45.5 Å². The van der Waals surface area contributed by atoms with Crippen molar-refractivity contribution in [2.45, 2.75) is 18.7 Å². The molecule has 1 aliphatic rings. The molecule has 0 radical (unpaired) electrons. The highest BCUT2D eigenvalue weighted by Gasteiger charge is 2.28. The van der Waals surface area contributed by atoms with Crippen molar-refractivity contribution in [2.75, 3.05) is 37.7 Å². The van der Waals surface area contributed by atoms with Crippen LogP contribution in [0.15, 0.2) is 53.4 Å². The van der Waals surface area contributed by atoms with E-state index in [9.17, 15) is 8.42 Å². The highest BCUT2D eigenvalue weighted by molar-refractivity contribution is 7.89. The Morgan fingerprint density at radius 1 is 1.00 bits per heavy atom. The van der Waals surface area contributed by atoms with Crippen LogP contribution >= 0.6 is 0 Å². The average molecular weight is 360 g/mol. The minimum Gasteiger partial charge on any atom is -0.494 e. The minimum absolute atomic E-state index is 0.335. The van der Waals surface area contributed by atoms with Gasteiger partial charge in [-0.05, 0) is 49.7 Å². The van der Waals surface area contributed by atoms with Crippen molar-refractivity contribution in [3.05, 3.63) is 54.1 Å².